The van der Waals surface area contributed by atoms with Crippen molar-refractivity contribution < 1.29 is 14.3 Å². The van der Waals surface area contributed by atoms with Crippen molar-refractivity contribution in [3.8, 4) is 11.5 Å². The van der Waals surface area contributed by atoms with E-state index < -0.39 is 0 Å². The summed E-state index contributed by atoms with van der Waals surface area (Å²) in [5.41, 5.74) is 1.40. The van der Waals surface area contributed by atoms with Crippen LogP contribution in [0.1, 0.15) is 5.56 Å². The maximum atomic E-state index is 11.9. The Bertz CT molecular complexity index is 698. The summed E-state index contributed by atoms with van der Waals surface area (Å²) in [4.78, 5) is 11.9. The number of nitrogens with one attached hydrogen (secondary N) is 1. The Morgan fingerprint density at radius 3 is 2.50 bits per heavy atom. The van der Waals surface area contributed by atoms with Crippen molar-refractivity contribution in [1.82, 2.24) is 0 Å². The lowest BCUT2D eigenvalue weighted by molar-refractivity contribution is -0.111. The molecule has 0 aliphatic heterocycles. The van der Waals surface area contributed by atoms with Gasteiger partial charge in [-0.3, -0.25) is 4.79 Å². The highest BCUT2D eigenvalue weighted by Crippen LogP contribution is 2.29. The summed E-state index contributed by atoms with van der Waals surface area (Å²) >= 11 is 6.03. The molecule has 0 bridgehead atoms. The molecule has 0 aliphatic carbocycles. The lowest BCUT2D eigenvalue weighted by Gasteiger charge is -2.09. The number of benzene rings is 2. The van der Waals surface area contributed by atoms with E-state index in [0.29, 0.717) is 22.2 Å². The van der Waals surface area contributed by atoms with Crippen LogP contribution >= 0.6 is 11.6 Å². The number of hydrogen-bond acceptors (Lipinski definition) is 3. The molecule has 0 saturated heterocycles. The first-order chi connectivity index (χ1) is 10.6. The minimum absolute atomic E-state index is 0.257. The van der Waals surface area contributed by atoms with Crippen molar-refractivity contribution in [2.24, 2.45) is 0 Å². The number of carbonyl (C=O) groups is 1. The van der Waals surface area contributed by atoms with Gasteiger partial charge in [-0.05, 0) is 29.8 Å². The van der Waals surface area contributed by atoms with Crippen LogP contribution in [-0.4, -0.2) is 20.1 Å². The van der Waals surface area contributed by atoms with Gasteiger partial charge >= 0.3 is 0 Å². The average molecular weight is 318 g/mol. The Morgan fingerprint density at radius 2 is 1.82 bits per heavy atom. The fourth-order valence-corrected chi connectivity index (χ4v) is 2.07. The third-order valence-electron chi connectivity index (χ3n) is 2.97. The van der Waals surface area contributed by atoms with Crippen molar-refractivity contribution in [2.45, 2.75) is 0 Å². The van der Waals surface area contributed by atoms with Crippen LogP contribution in [0.4, 0.5) is 5.69 Å². The van der Waals surface area contributed by atoms with Crippen molar-refractivity contribution in [2.75, 3.05) is 19.5 Å². The molecule has 5 heteroatoms. The molecule has 0 fully saturated rings. The van der Waals surface area contributed by atoms with Crippen molar-refractivity contribution in [3.63, 3.8) is 0 Å². The Labute approximate surface area is 134 Å². The number of hydrogen-bond donors (Lipinski definition) is 1. The first kappa shape index (κ1) is 15.9. The summed E-state index contributed by atoms with van der Waals surface area (Å²) in [7, 11) is 3.10. The SMILES string of the molecule is COc1ccc(NC(=O)C=Cc2ccccc2Cl)cc1OC. The smallest absolute Gasteiger partial charge is 0.248 e. The molecule has 2 aromatic rings. The number of carbonyl (C=O) groups excluding carboxylic acids is 1. The highest BCUT2D eigenvalue weighted by molar-refractivity contribution is 6.32. The maximum Gasteiger partial charge on any atom is 0.248 e. The summed E-state index contributed by atoms with van der Waals surface area (Å²) < 4.78 is 10.3. The van der Waals surface area contributed by atoms with E-state index in [2.05, 4.69) is 5.32 Å². The van der Waals surface area contributed by atoms with Gasteiger partial charge in [0.25, 0.3) is 0 Å². The second-order valence-electron chi connectivity index (χ2n) is 4.41. The normalized spacial score (nSPS) is 10.5. The molecule has 0 aliphatic rings. The quantitative estimate of drug-likeness (QED) is 0.848. The summed E-state index contributed by atoms with van der Waals surface area (Å²) in [6.45, 7) is 0. The molecule has 4 nitrogen and oxygen atoms in total. The Kier molecular flexibility index (Phi) is 5.44. The fraction of sp³-hybridized carbons (Fsp3) is 0.118. The van der Waals surface area contributed by atoms with Gasteiger partial charge in [0.15, 0.2) is 11.5 Å². The molecular weight excluding hydrogens is 302 g/mol. The first-order valence-electron chi connectivity index (χ1n) is 6.59. The van der Waals surface area contributed by atoms with Crippen LogP contribution in [-0.2, 0) is 4.79 Å². The summed E-state index contributed by atoms with van der Waals surface area (Å²) in [5.74, 6) is 0.898. The van der Waals surface area contributed by atoms with Gasteiger partial charge in [0.05, 0.1) is 14.2 Å². The number of methoxy groups -OCH3 is 2. The van der Waals surface area contributed by atoms with Crippen LogP contribution in [0.25, 0.3) is 6.08 Å². The lowest BCUT2D eigenvalue weighted by Crippen LogP contribution is -2.07. The third-order valence-corrected chi connectivity index (χ3v) is 3.31. The molecule has 0 radical (unpaired) electrons. The largest absolute Gasteiger partial charge is 0.493 e. The van der Waals surface area contributed by atoms with Gasteiger partial charge in [0.1, 0.15) is 0 Å². The van der Waals surface area contributed by atoms with E-state index in [1.807, 2.05) is 18.2 Å². The summed E-state index contributed by atoms with van der Waals surface area (Å²) in [5, 5.41) is 3.35. The molecule has 0 spiro atoms. The summed E-state index contributed by atoms with van der Waals surface area (Å²) in [6.07, 6.45) is 3.09. The number of halogens is 1. The van der Waals surface area contributed by atoms with Gasteiger partial charge in [-0.1, -0.05) is 29.8 Å². The van der Waals surface area contributed by atoms with E-state index in [1.165, 1.54) is 6.08 Å². The zero-order valence-corrected chi connectivity index (χ0v) is 13.1. The number of anilines is 1. The van der Waals surface area contributed by atoms with Crippen LogP contribution < -0.4 is 14.8 Å². The van der Waals surface area contributed by atoms with E-state index in [1.54, 1.807) is 44.6 Å². The van der Waals surface area contributed by atoms with Gasteiger partial charge in [0, 0.05) is 22.9 Å². The van der Waals surface area contributed by atoms with Gasteiger partial charge < -0.3 is 14.8 Å². The van der Waals surface area contributed by atoms with Crippen LogP contribution in [0.15, 0.2) is 48.5 Å². The Hall–Kier alpha value is -2.46. The second-order valence-corrected chi connectivity index (χ2v) is 4.82. The third kappa shape index (κ3) is 4.02. The van der Waals surface area contributed by atoms with E-state index in [9.17, 15) is 4.79 Å². The van der Waals surface area contributed by atoms with Crippen molar-refractivity contribution >= 4 is 29.3 Å². The average Bonchev–Trinajstić information content (AvgIpc) is 2.54. The molecule has 2 rings (SSSR count). The minimum Gasteiger partial charge on any atom is -0.493 e. The van der Waals surface area contributed by atoms with E-state index in [0.717, 1.165) is 5.56 Å². The van der Waals surface area contributed by atoms with Crippen molar-refractivity contribution in [3.05, 3.63) is 59.1 Å². The number of ether oxygens (including phenoxy) is 2. The van der Waals surface area contributed by atoms with Crippen molar-refractivity contribution in [1.29, 1.82) is 0 Å². The molecule has 22 heavy (non-hydrogen) atoms. The zero-order chi connectivity index (χ0) is 15.9. The van der Waals surface area contributed by atoms with Crippen LogP contribution in [0.3, 0.4) is 0 Å². The maximum absolute atomic E-state index is 11.9. The van der Waals surface area contributed by atoms with Crippen LogP contribution in [0, 0.1) is 0 Å². The molecule has 114 valence electrons. The van der Waals surface area contributed by atoms with Gasteiger partial charge in [-0.25, -0.2) is 0 Å². The summed E-state index contributed by atoms with van der Waals surface area (Å²) in [6, 6.07) is 12.5. The molecule has 2 aromatic carbocycles. The van der Waals surface area contributed by atoms with E-state index in [-0.39, 0.29) is 5.91 Å². The molecule has 0 heterocycles. The highest BCUT2D eigenvalue weighted by Gasteiger charge is 2.06. The fourth-order valence-electron chi connectivity index (χ4n) is 1.87. The minimum atomic E-state index is -0.257. The molecule has 0 aromatic heterocycles. The number of rotatable bonds is 5. The van der Waals surface area contributed by atoms with Gasteiger partial charge in [-0.2, -0.15) is 0 Å². The first-order valence-corrected chi connectivity index (χ1v) is 6.97. The Balaban J connectivity index is 2.08. The molecule has 0 unspecified atom stereocenters. The van der Waals surface area contributed by atoms with Gasteiger partial charge in [-0.15, -0.1) is 0 Å². The monoisotopic (exact) mass is 317 g/mol. The molecule has 0 atom stereocenters. The predicted molar refractivity (Wildman–Crippen MR) is 88.7 cm³/mol. The van der Waals surface area contributed by atoms with Crippen LogP contribution in [0.2, 0.25) is 5.02 Å². The highest BCUT2D eigenvalue weighted by atomic mass is 35.5. The zero-order valence-electron chi connectivity index (χ0n) is 12.3. The lowest BCUT2D eigenvalue weighted by atomic mass is 10.2. The molecule has 0 saturated carbocycles. The topological polar surface area (TPSA) is 47.6 Å². The van der Waals surface area contributed by atoms with E-state index in [4.69, 9.17) is 21.1 Å². The predicted octanol–water partition coefficient (Wildman–Crippen LogP) is 4.01. The van der Waals surface area contributed by atoms with Crippen LogP contribution in [0.5, 0.6) is 11.5 Å². The van der Waals surface area contributed by atoms with Gasteiger partial charge in [0.2, 0.25) is 5.91 Å². The molecule has 1 amide bonds. The second kappa shape index (κ2) is 7.52. The number of amides is 1. The standard InChI is InChI=1S/C17H16ClNO3/c1-21-15-9-8-13(11-16(15)22-2)19-17(20)10-7-12-5-3-4-6-14(12)18/h3-11H,1-2H3,(H,19,20). The Morgan fingerprint density at radius 1 is 1.09 bits per heavy atom. The molecular formula is C17H16ClNO3. The van der Waals surface area contributed by atoms with E-state index >= 15 is 0 Å². The molecule has 1 N–H and O–H groups in total.